The van der Waals surface area contributed by atoms with Crippen molar-refractivity contribution in [1.82, 2.24) is 10.2 Å². The van der Waals surface area contributed by atoms with Crippen LogP contribution in [0.4, 0.5) is 5.69 Å². The Morgan fingerprint density at radius 2 is 1.96 bits per heavy atom. The van der Waals surface area contributed by atoms with Gasteiger partial charge in [-0.3, -0.25) is 14.5 Å². The summed E-state index contributed by atoms with van der Waals surface area (Å²) in [6, 6.07) is 6.19. The maximum absolute atomic E-state index is 11.9. The highest BCUT2D eigenvalue weighted by molar-refractivity contribution is 6.39. The number of hydrogen-bond acceptors (Lipinski definition) is 6. The first-order valence-electron chi connectivity index (χ1n) is 7.68. The minimum Gasteiger partial charge on any atom is -0.465 e. The summed E-state index contributed by atoms with van der Waals surface area (Å²) in [6.07, 6.45) is 0. The number of benzene rings is 1. The van der Waals surface area contributed by atoms with E-state index < -0.39 is 17.8 Å². The van der Waals surface area contributed by atoms with Crippen LogP contribution in [0, 0.1) is 0 Å². The van der Waals surface area contributed by atoms with Crippen LogP contribution in [0.5, 0.6) is 0 Å². The second kappa shape index (κ2) is 8.99. The number of amides is 2. The lowest BCUT2D eigenvalue weighted by Gasteiger charge is -2.26. The van der Waals surface area contributed by atoms with Crippen molar-refractivity contribution in [2.24, 2.45) is 0 Å². The molecule has 0 saturated carbocycles. The number of hydrogen-bond donors (Lipinski definition) is 2. The topological polar surface area (TPSA) is 97.0 Å². The van der Waals surface area contributed by atoms with E-state index in [1.165, 1.54) is 13.2 Å². The summed E-state index contributed by atoms with van der Waals surface area (Å²) in [5.41, 5.74) is 0.647. The van der Waals surface area contributed by atoms with E-state index >= 15 is 0 Å². The van der Waals surface area contributed by atoms with Crippen molar-refractivity contribution < 1.29 is 23.9 Å². The number of ether oxygens (including phenoxy) is 2. The molecule has 1 saturated heterocycles. The molecule has 2 amide bonds. The highest BCUT2D eigenvalue weighted by Crippen LogP contribution is 2.11. The third-order valence-corrected chi connectivity index (χ3v) is 3.57. The minimum atomic E-state index is -0.779. The lowest BCUT2D eigenvalue weighted by atomic mass is 10.2. The predicted molar refractivity (Wildman–Crippen MR) is 86.7 cm³/mol. The van der Waals surface area contributed by atoms with Gasteiger partial charge in [0.25, 0.3) is 0 Å². The van der Waals surface area contributed by atoms with Gasteiger partial charge >= 0.3 is 17.8 Å². The summed E-state index contributed by atoms with van der Waals surface area (Å²) < 4.78 is 9.85. The fourth-order valence-electron chi connectivity index (χ4n) is 2.26. The lowest BCUT2D eigenvalue weighted by Crippen LogP contribution is -2.43. The number of carbonyl (C=O) groups is 3. The van der Waals surface area contributed by atoms with E-state index in [2.05, 4.69) is 20.3 Å². The van der Waals surface area contributed by atoms with Gasteiger partial charge in [0.05, 0.1) is 25.9 Å². The van der Waals surface area contributed by atoms with Crippen LogP contribution in [0.15, 0.2) is 24.3 Å². The maximum atomic E-state index is 11.9. The standard InChI is InChI=1S/C16H21N3O5/c1-23-16(22)12-3-2-4-13(11-12)18-15(21)14(20)17-5-6-19-7-9-24-10-8-19/h2-4,11H,5-10H2,1H3,(H,17,20)(H,18,21). The molecule has 8 nitrogen and oxygen atoms in total. The van der Waals surface area contributed by atoms with Crippen LogP contribution < -0.4 is 10.6 Å². The van der Waals surface area contributed by atoms with Crippen molar-refractivity contribution in [3.8, 4) is 0 Å². The Kier molecular flexibility index (Phi) is 6.71. The summed E-state index contributed by atoms with van der Waals surface area (Å²) in [5, 5.41) is 5.03. The molecule has 0 unspecified atom stereocenters. The van der Waals surface area contributed by atoms with Gasteiger partial charge in [-0.05, 0) is 18.2 Å². The third-order valence-electron chi connectivity index (χ3n) is 3.57. The zero-order valence-corrected chi connectivity index (χ0v) is 13.5. The molecule has 1 heterocycles. The molecule has 1 aromatic carbocycles. The molecule has 2 rings (SSSR count). The van der Waals surface area contributed by atoms with E-state index in [0.717, 1.165) is 13.1 Å². The monoisotopic (exact) mass is 335 g/mol. The number of nitrogens with zero attached hydrogens (tertiary/aromatic N) is 1. The Bertz CT molecular complexity index is 599. The van der Waals surface area contributed by atoms with Gasteiger partial charge < -0.3 is 20.1 Å². The molecule has 0 spiro atoms. The van der Waals surface area contributed by atoms with E-state index in [1.807, 2.05) is 0 Å². The molecule has 0 bridgehead atoms. The second-order valence-electron chi connectivity index (χ2n) is 5.24. The van der Waals surface area contributed by atoms with Gasteiger partial charge in [-0.1, -0.05) is 6.07 Å². The highest BCUT2D eigenvalue weighted by Gasteiger charge is 2.15. The predicted octanol–water partition coefficient (Wildman–Crippen LogP) is -0.140. The summed E-state index contributed by atoms with van der Waals surface area (Å²) in [6.45, 7) is 4.06. The van der Waals surface area contributed by atoms with Crippen molar-refractivity contribution in [1.29, 1.82) is 0 Å². The van der Waals surface area contributed by atoms with Crippen LogP contribution in [0.2, 0.25) is 0 Å². The molecule has 130 valence electrons. The van der Waals surface area contributed by atoms with Gasteiger partial charge in [-0.25, -0.2) is 4.79 Å². The third kappa shape index (κ3) is 5.32. The number of rotatable bonds is 5. The molecule has 2 N–H and O–H groups in total. The number of esters is 1. The van der Waals surface area contributed by atoms with Crippen LogP contribution in [-0.4, -0.2) is 69.2 Å². The first-order chi connectivity index (χ1) is 11.6. The molecule has 0 radical (unpaired) electrons. The quantitative estimate of drug-likeness (QED) is 0.574. The average Bonchev–Trinajstić information content (AvgIpc) is 2.62. The Morgan fingerprint density at radius 3 is 2.67 bits per heavy atom. The van der Waals surface area contributed by atoms with Crippen molar-refractivity contribution >= 4 is 23.5 Å². The van der Waals surface area contributed by atoms with Crippen molar-refractivity contribution in [2.45, 2.75) is 0 Å². The SMILES string of the molecule is COC(=O)c1cccc(NC(=O)C(=O)NCCN2CCOCC2)c1. The van der Waals surface area contributed by atoms with E-state index in [1.54, 1.807) is 18.2 Å². The van der Waals surface area contributed by atoms with Crippen molar-refractivity contribution in [2.75, 3.05) is 51.8 Å². The average molecular weight is 335 g/mol. The molecular formula is C16H21N3O5. The zero-order valence-electron chi connectivity index (χ0n) is 13.5. The van der Waals surface area contributed by atoms with Gasteiger partial charge in [0.15, 0.2) is 0 Å². The molecule has 1 fully saturated rings. The fourth-order valence-corrected chi connectivity index (χ4v) is 2.26. The molecule has 1 aliphatic heterocycles. The summed E-state index contributed by atoms with van der Waals surface area (Å²) in [5.74, 6) is -2.01. The molecular weight excluding hydrogens is 314 g/mol. The Labute approximate surface area is 140 Å². The summed E-state index contributed by atoms with van der Waals surface area (Å²) in [4.78, 5) is 37.3. The first kappa shape index (κ1) is 17.9. The molecule has 8 heteroatoms. The summed E-state index contributed by atoms with van der Waals surface area (Å²) >= 11 is 0. The molecule has 0 atom stereocenters. The van der Waals surface area contributed by atoms with E-state index in [4.69, 9.17) is 4.74 Å². The Hall–Kier alpha value is -2.45. The van der Waals surface area contributed by atoms with Crippen LogP contribution in [0.3, 0.4) is 0 Å². The molecule has 1 aliphatic rings. The number of anilines is 1. The number of methoxy groups -OCH3 is 1. The molecule has 0 aromatic heterocycles. The summed E-state index contributed by atoms with van der Waals surface area (Å²) in [7, 11) is 1.27. The lowest BCUT2D eigenvalue weighted by molar-refractivity contribution is -0.136. The smallest absolute Gasteiger partial charge is 0.337 e. The van der Waals surface area contributed by atoms with Gasteiger partial charge in [0, 0.05) is 31.9 Å². The van der Waals surface area contributed by atoms with Crippen LogP contribution in [0.1, 0.15) is 10.4 Å². The van der Waals surface area contributed by atoms with Gasteiger partial charge in [0.1, 0.15) is 0 Å². The number of nitrogens with one attached hydrogen (secondary N) is 2. The molecule has 0 aliphatic carbocycles. The van der Waals surface area contributed by atoms with E-state index in [-0.39, 0.29) is 0 Å². The largest absolute Gasteiger partial charge is 0.465 e. The van der Waals surface area contributed by atoms with Gasteiger partial charge in [-0.15, -0.1) is 0 Å². The number of carbonyl (C=O) groups excluding carboxylic acids is 3. The first-order valence-corrected chi connectivity index (χ1v) is 7.68. The second-order valence-corrected chi connectivity index (χ2v) is 5.24. The normalized spacial score (nSPS) is 14.7. The van der Waals surface area contributed by atoms with Gasteiger partial charge in [0.2, 0.25) is 0 Å². The zero-order chi connectivity index (χ0) is 17.4. The molecule has 24 heavy (non-hydrogen) atoms. The minimum absolute atomic E-state index is 0.294. The Morgan fingerprint density at radius 1 is 1.21 bits per heavy atom. The van der Waals surface area contributed by atoms with Crippen LogP contribution >= 0.6 is 0 Å². The highest BCUT2D eigenvalue weighted by atomic mass is 16.5. The molecule has 1 aromatic rings. The van der Waals surface area contributed by atoms with Gasteiger partial charge in [-0.2, -0.15) is 0 Å². The Balaban J connectivity index is 1.78. The fraction of sp³-hybridized carbons (Fsp3) is 0.438. The van der Waals surface area contributed by atoms with E-state index in [9.17, 15) is 14.4 Å². The van der Waals surface area contributed by atoms with Crippen LogP contribution in [-0.2, 0) is 19.1 Å². The van der Waals surface area contributed by atoms with Crippen molar-refractivity contribution in [3.05, 3.63) is 29.8 Å². The van der Waals surface area contributed by atoms with Crippen molar-refractivity contribution in [3.63, 3.8) is 0 Å². The number of morpholine rings is 1. The maximum Gasteiger partial charge on any atom is 0.337 e. The van der Waals surface area contributed by atoms with E-state index in [0.29, 0.717) is 37.6 Å². The van der Waals surface area contributed by atoms with Crippen LogP contribution in [0.25, 0.3) is 0 Å².